The number of nitrogens with one attached hydrogen (secondary N) is 3. The molecule has 1 aliphatic rings. The Labute approximate surface area is 122 Å². The Bertz CT molecular complexity index is 716. The molecule has 5 heteroatoms. The Morgan fingerprint density at radius 3 is 2.57 bits per heavy atom. The average molecular weight is 278 g/mol. The highest BCUT2D eigenvalue weighted by Crippen LogP contribution is 2.25. The van der Waals surface area contributed by atoms with Crippen LogP contribution in [0.1, 0.15) is 11.1 Å². The SMILES string of the molecule is N#Cc1ccc(NC(=O)Nc2ccc3c(c2)CCN3)cc1. The summed E-state index contributed by atoms with van der Waals surface area (Å²) in [5, 5.41) is 17.5. The third-order valence-corrected chi connectivity index (χ3v) is 3.34. The molecule has 2 aromatic rings. The molecule has 1 aliphatic heterocycles. The molecule has 0 radical (unpaired) electrons. The number of anilines is 3. The molecule has 3 N–H and O–H groups in total. The number of hydrogen-bond donors (Lipinski definition) is 3. The summed E-state index contributed by atoms with van der Waals surface area (Å²) in [5.74, 6) is 0. The second kappa shape index (κ2) is 5.55. The molecule has 0 fully saturated rings. The van der Waals surface area contributed by atoms with Crippen LogP contribution >= 0.6 is 0 Å². The molecule has 0 spiro atoms. The molecule has 2 amide bonds. The van der Waals surface area contributed by atoms with Gasteiger partial charge in [-0.1, -0.05) is 0 Å². The van der Waals surface area contributed by atoms with Crippen molar-refractivity contribution in [2.24, 2.45) is 0 Å². The fourth-order valence-electron chi connectivity index (χ4n) is 2.30. The number of benzene rings is 2. The molecule has 3 rings (SSSR count). The van der Waals surface area contributed by atoms with Crippen LogP contribution in [-0.2, 0) is 6.42 Å². The van der Waals surface area contributed by atoms with Crippen molar-refractivity contribution in [3.63, 3.8) is 0 Å². The highest BCUT2D eigenvalue weighted by Gasteiger charge is 2.11. The molecule has 2 aromatic carbocycles. The molecule has 0 saturated carbocycles. The average Bonchev–Trinajstić information content (AvgIpc) is 2.95. The van der Waals surface area contributed by atoms with Crippen LogP contribution in [-0.4, -0.2) is 12.6 Å². The van der Waals surface area contributed by atoms with Gasteiger partial charge >= 0.3 is 6.03 Å². The van der Waals surface area contributed by atoms with Crippen LogP contribution in [0.2, 0.25) is 0 Å². The zero-order chi connectivity index (χ0) is 14.7. The zero-order valence-electron chi connectivity index (χ0n) is 11.3. The minimum Gasteiger partial charge on any atom is -0.384 e. The standard InChI is InChI=1S/C16H14N4O/c17-10-11-1-3-13(4-2-11)19-16(21)20-14-5-6-15-12(9-14)7-8-18-15/h1-6,9,18H,7-8H2,(H2,19,20,21). The van der Waals surface area contributed by atoms with E-state index in [1.165, 1.54) is 5.56 Å². The smallest absolute Gasteiger partial charge is 0.323 e. The summed E-state index contributed by atoms with van der Waals surface area (Å²) >= 11 is 0. The molecule has 0 aromatic heterocycles. The highest BCUT2D eigenvalue weighted by atomic mass is 16.2. The van der Waals surface area contributed by atoms with Gasteiger partial charge < -0.3 is 16.0 Å². The second-order valence-corrected chi connectivity index (χ2v) is 4.82. The molecule has 5 nitrogen and oxygen atoms in total. The number of fused-ring (bicyclic) bond motifs is 1. The summed E-state index contributed by atoms with van der Waals surface area (Å²) in [4.78, 5) is 11.9. The van der Waals surface area contributed by atoms with Gasteiger partial charge in [0.15, 0.2) is 0 Å². The maximum absolute atomic E-state index is 11.9. The number of carbonyl (C=O) groups excluding carboxylic acids is 1. The largest absolute Gasteiger partial charge is 0.384 e. The van der Waals surface area contributed by atoms with E-state index in [4.69, 9.17) is 5.26 Å². The van der Waals surface area contributed by atoms with Gasteiger partial charge in [0, 0.05) is 23.6 Å². The van der Waals surface area contributed by atoms with Crippen molar-refractivity contribution in [1.82, 2.24) is 0 Å². The van der Waals surface area contributed by atoms with Gasteiger partial charge in [0.05, 0.1) is 11.6 Å². The topological polar surface area (TPSA) is 77.0 Å². The zero-order valence-corrected chi connectivity index (χ0v) is 11.3. The van der Waals surface area contributed by atoms with Gasteiger partial charge in [-0.15, -0.1) is 0 Å². The van der Waals surface area contributed by atoms with E-state index in [0.717, 1.165) is 24.3 Å². The summed E-state index contributed by atoms with van der Waals surface area (Å²) < 4.78 is 0. The third kappa shape index (κ3) is 2.95. The number of carbonyl (C=O) groups is 1. The molecule has 0 unspecified atom stereocenters. The highest BCUT2D eigenvalue weighted by molar-refractivity contribution is 6.00. The van der Waals surface area contributed by atoms with E-state index in [1.54, 1.807) is 24.3 Å². The molecule has 21 heavy (non-hydrogen) atoms. The first-order chi connectivity index (χ1) is 10.2. The fourth-order valence-corrected chi connectivity index (χ4v) is 2.30. The number of nitrogens with zero attached hydrogens (tertiary/aromatic N) is 1. The summed E-state index contributed by atoms with van der Waals surface area (Å²) in [6.07, 6.45) is 0.974. The summed E-state index contributed by atoms with van der Waals surface area (Å²) in [6.45, 7) is 0.941. The number of urea groups is 1. The lowest BCUT2D eigenvalue weighted by Gasteiger charge is -2.09. The monoisotopic (exact) mass is 278 g/mol. The van der Waals surface area contributed by atoms with Crippen molar-refractivity contribution in [1.29, 1.82) is 5.26 Å². The number of hydrogen-bond acceptors (Lipinski definition) is 3. The third-order valence-electron chi connectivity index (χ3n) is 3.34. The predicted molar refractivity (Wildman–Crippen MR) is 82.4 cm³/mol. The van der Waals surface area contributed by atoms with Crippen molar-refractivity contribution < 1.29 is 4.79 Å². The van der Waals surface area contributed by atoms with E-state index in [1.807, 2.05) is 24.3 Å². The van der Waals surface area contributed by atoms with Crippen molar-refractivity contribution in [3.8, 4) is 6.07 Å². The van der Waals surface area contributed by atoms with Crippen molar-refractivity contribution >= 4 is 23.1 Å². The van der Waals surface area contributed by atoms with Crippen molar-refractivity contribution in [2.45, 2.75) is 6.42 Å². The number of amides is 2. The van der Waals surface area contributed by atoms with Gasteiger partial charge in [-0.2, -0.15) is 5.26 Å². The van der Waals surface area contributed by atoms with Crippen LogP contribution in [0.5, 0.6) is 0 Å². The van der Waals surface area contributed by atoms with E-state index in [-0.39, 0.29) is 6.03 Å². The molecular weight excluding hydrogens is 264 g/mol. The van der Waals surface area contributed by atoms with E-state index >= 15 is 0 Å². The first kappa shape index (κ1) is 13.0. The number of nitriles is 1. The van der Waals surface area contributed by atoms with E-state index < -0.39 is 0 Å². The Morgan fingerprint density at radius 2 is 1.81 bits per heavy atom. The summed E-state index contributed by atoms with van der Waals surface area (Å²) in [5.41, 5.74) is 4.32. The molecule has 104 valence electrons. The van der Waals surface area contributed by atoms with Gasteiger partial charge in [0.1, 0.15) is 0 Å². The Kier molecular flexibility index (Phi) is 3.44. The Balaban J connectivity index is 1.64. The van der Waals surface area contributed by atoms with Crippen LogP contribution < -0.4 is 16.0 Å². The van der Waals surface area contributed by atoms with Gasteiger partial charge in [-0.05, 0) is 54.4 Å². The van der Waals surface area contributed by atoms with E-state index in [9.17, 15) is 4.79 Å². The fraction of sp³-hybridized carbons (Fsp3) is 0.125. The first-order valence-electron chi connectivity index (χ1n) is 6.69. The molecule has 0 saturated heterocycles. The predicted octanol–water partition coefficient (Wildman–Crippen LogP) is 3.17. The molecule has 0 bridgehead atoms. The van der Waals surface area contributed by atoms with Crippen LogP contribution in [0.3, 0.4) is 0 Å². The minimum absolute atomic E-state index is 0.300. The van der Waals surface area contributed by atoms with Crippen molar-refractivity contribution in [2.75, 3.05) is 22.5 Å². The van der Waals surface area contributed by atoms with Gasteiger partial charge in [-0.25, -0.2) is 4.79 Å². The lowest BCUT2D eigenvalue weighted by Crippen LogP contribution is -2.19. The Hall–Kier alpha value is -3.00. The molecule has 1 heterocycles. The maximum atomic E-state index is 11.9. The van der Waals surface area contributed by atoms with Gasteiger partial charge in [0.25, 0.3) is 0 Å². The van der Waals surface area contributed by atoms with Crippen LogP contribution in [0, 0.1) is 11.3 Å². The maximum Gasteiger partial charge on any atom is 0.323 e. The lowest BCUT2D eigenvalue weighted by molar-refractivity contribution is 0.262. The normalized spacial score (nSPS) is 12.0. The molecular formula is C16H14N4O. The molecule has 0 aliphatic carbocycles. The van der Waals surface area contributed by atoms with E-state index in [2.05, 4.69) is 16.0 Å². The molecule has 0 atom stereocenters. The summed E-state index contributed by atoms with van der Waals surface area (Å²) in [6, 6.07) is 14.3. The van der Waals surface area contributed by atoms with E-state index in [0.29, 0.717) is 11.3 Å². The first-order valence-corrected chi connectivity index (χ1v) is 6.69. The number of rotatable bonds is 2. The quantitative estimate of drug-likeness (QED) is 0.789. The lowest BCUT2D eigenvalue weighted by atomic mass is 10.1. The Morgan fingerprint density at radius 1 is 1.10 bits per heavy atom. The van der Waals surface area contributed by atoms with Crippen LogP contribution in [0.15, 0.2) is 42.5 Å². The second-order valence-electron chi connectivity index (χ2n) is 4.82. The van der Waals surface area contributed by atoms with Crippen LogP contribution in [0.25, 0.3) is 0 Å². The summed E-state index contributed by atoms with van der Waals surface area (Å²) in [7, 11) is 0. The minimum atomic E-state index is -0.300. The van der Waals surface area contributed by atoms with Crippen molar-refractivity contribution in [3.05, 3.63) is 53.6 Å². The van der Waals surface area contributed by atoms with Gasteiger partial charge in [0.2, 0.25) is 0 Å². The van der Waals surface area contributed by atoms with Gasteiger partial charge in [-0.3, -0.25) is 0 Å². The van der Waals surface area contributed by atoms with Crippen LogP contribution in [0.4, 0.5) is 21.9 Å².